The van der Waals surface area contributed by atoms with Crippen LogP contribution in [0.25, 0.3) is 11.5 Å². The Morgan fingerprint density at radius 3 is 2.90 bits per heavy atom. The minimum absolute atomic E-state index is 0.00471. The molecule has 0 spiro atoms. The third-order valence-electron chi connectivity index (χ3n) is 2.54. The Hall–Kier alpha value is -2.40. The van der Waals surface area contributed by atoms with Gasteiger partial charge in [0.15, 0.2) is 5.82 Å². The highest BCUT2D eigenvalue weighted by Crippen LogP contribution is 2.23. The van der Waals surface area contributed by atoms with E-state index in [-0.39, 0.29) is 35.9 Å². The number of nitriles is 1. The highest BCUT2D eigenvalue weighted by atomic mass is 19.3. The summed E-state index contributed by atoms with van der Waals surface area (Å²) in [5.74, 6) is -0.461. The number of nitrogens with zero attached hydrogens (tertiary/aromatic N) is 3. The maximum atomic E-state index is 13.5. The summed E-state index contributed by atoms with van der Waals surface area (Å²) >= 11 is 0. The summed E-state index contributed by atoms with van der Waals surface area (Å²) in [6.45, 7) is -0.648. The maximum Gasteiger partial charge on any atom is 0.261 e. The van der Waals surface area contributed by atoms with E-state index in [1.807, 2.05) is 0 Å². The lowest BCUT2D eigenvalue weighted by molar-refractivity contribution is 0.0182. The summed E-state index contributed by atoms with van der Waals surface area (Å²) in [7, 11) is 0. The number of halogens is 3. The van der Waals surface area contributed by atoms with Crippen LogP contribution in [0.4, 0.5) is 13.2 Å². The molecule has 0 radical (unpaired) electrons. The number of hydrogen-bond donors (Lipinski definition) is 0. The Balaban J connectivity index is 2.07. The smallest absolute Gasteiger partial charge is 0.261 e. The van der Waals surface area contributed by atoms with Crippen LogP contribution in [0.1, 0.15) is 11.4 Å². The van der Waals surface area contributed by atoms with Gasteiger partial charge in [-0.05, 0) is 12.1 Å². The van der Waals surface area contributed by atoms with Gasteiger partial charge in [0.1, 0.15) is 24.1 Å². The van der Waals surface area contributed by atoms with E-state index >= 15 is 0 Å². The van der Waals surface area contributed by atoms with Crippen molar-refractivity contribution in [2.24, 2.45) is 0 Å². The number of aromatic nitrogens is 2. The molecule has 2 rings (SSSR count). The topological polar surface area (TPSA) is 71.9 Å². The van der Waals surface area contributed by atoms with Crippen LogP contribution in [0.2, 0.25) is 0 Å². The van der Waals surface area contributed by atoms with E-state index in [0.717, 1.165) is 6.07 Å². The van der Waals surface area contributed by atoms with Gasteiger partial charge in [0.05, 0.1) is 12.2 Å². The first-order valence-corrected chi connectivity index (χ1v) is 5.99. The lowest BCUT2D eigenvalue weighted by Crippen LogP contribution is -2.07. The average Bonchev–Trinajstić information content (AvgIpc) is 2.92. The van der Waals surface area contributed by atoms with E-state index < -0.39 is 18.8 Å². The Kier molecular flexibility index (Phi) is 4.90. The minimum Gasteiger partial charge on any atom is -0.375 e. The molecule has 0 saturated heterocycles. The fourth-order valence-electron chi connectivity index (χ4n) is 1.62. The molecule has 0 atom stereocenters. The number of rotatable bonds is 6. The molecule has 0 aliphatic carbocycles. The van der Waals surface area contributed by atoms with Crippen molar-refractivity contribution in [3.63, 3.8) is 0 Å². The second-order valence-corrected chi connectivity index (χ2v) is 4.01. The van der Waals surface area contributed by atoms with Crippen molar-refractivity contribution in [1.82, 2.24) is 10.1 Å². The molecule has 0 amide bonds. The van der Waals surface area contributed by atoms with Gasteiger partial charge < -0.3 is 9.26 Å². The molecule has 1 heterocycles. The Morgan fingerprint density at radius 2 is 2.19 bits per heavy atom. The summed E-state index contributed by atoms with van der Waals surface area (Å²) < 4.78 is 46.8. The van der Waals surface area contributed by atoms with E-state index in [0.29, 0.717) is 0 Å². The molecule has 0 aliphatic heterocycles. The van der Waals surface area contributed by atoms with Gasteiger partial charge in [-0.1, -0.05) is 11.2 Å². The maximum absolute atomic E-state index is 13.5. The average molecular weight is 297 g/mol. The zero-order valence-electron chi connectivity index (χ0n) is 10.7. The Bertz CT molecular complexity index is 652. The Morgan fingerprint density at radius 1 is 1.38 bits per heavy atom. The molecule has 1 aromatic carbocycles. The van der Waals surface area contributed by atoms with Crippen molar-refractivity contribution >= 4 is 0 Å². The molecule has 0 saturated carbocycles. The summed E-state index contributed by atoms with van der Waals surface area (Å²) in [4.78, 5) is 3.98. The van der Waals surface area contributed by atoms with Gasteiger partial charge in [-0.25, -0.2) is 13.2 Å². The highest BCUT2D eigenvalue weighted by molar-refractivity contribution is 5.63. The van der Waals surface area contributed by atoms with Gasteiger partial charge in [-0.15, -0.1) is 0 Å². The van der Waals surface area contributed by atoms with Crippen LogP contribution in [0.5, 0.6) is 0 Å². The van der Waals surface area contributed by atoms with Gasteiger partial charge in [-0.2, -0.15) is 10.2 Å². The zero-order valence-corrected chi connectivity index (χ0v) is 10.7. The zero-order chi connectivity index (χ0) is 15.2. The highest BCUT2D eigenvalue weighted by Gasteiger charge is 2.16. The molecule has 0 fully saturated rings. The fraction of sp³-hybridized carbons (Fsp3) is 0.308. The van der Waals surface area contributed by atoms with Gasteiger partial charge in [0.25, 0.3) is 12.3 Å². The SMILES string of the molecule is N#Cc1c(F)cccc1-c1nc(CCOCC(F)F)no1. The predicted molar refractivity (Wildman–Crippen MR) is 64.9 cm³/mol. The van der Waals surface area contributed by atoms with Crippen molar-refractivity contribution in [2.75, 3.05) is 13.2 Å². The number of hydrogen-bond acceptors (Lipinski definition) is 5. The normalized spacial score (nSPS) is 10.8. The van der Waals surface area contributed by atoms with Crippen molar-refractivity contribution in [1.29, 1.82) is 5.26 Å². The van der Waals surface area contributed by atoms with Crippen LogP contribution in [0.3, 0.4) is 0 Å². The van der Waals surface area contributed by atoms with Gasteiger partial charge in [-0.3, -0.25) is 0 Å². The van der Waals surface area contributed by atoms with Crippen molar-refractivity contribution in [3.05, 3.63) is 35.4 Å². The van der Waals surface area contributed by atoms with Crippen LogP contribution in [-0.2, 0) is 11.2 Å². The van der Waals surface area contributed by atoms with Gasteiger partial charge >= 0.3 is 0 Å². The molecule has 110 valence electrons. The van der Waals surface area contributed by atoms with E-state index in [1.165, 1.54) is 12.1 Å². The third-order valence-corrected chi connectivity index (χ3v) is 2.54. The first-order valence-electron chi connectivity index (χ1n) is 5.99. The van der Waals surface area contributed by atoms with Crippen molar-refractivity contribution in [3.8, 4) is 17.5 Å². The molecule has 0 aliphatic rings. The Labute approximate surface area is 118 Å². The molecule has 8 heteroatoms. The fourth-order valence-corrected chi connectivity index (χ4v) is 1.62. The summed E-state index contributed by atoms with van der Waals surface area (Å²) in [5.41, 5.74) is -0.00796. The van der Waals surface area contributed by atoms with Crippen molar-refractivity contribution in [2.45, 2.75) is 12.8 Å². The van der Waals surface area contributed by atoms with Crippen LogP contribution < -0.4 is 0 Å². The molecule has 0 bridgehead atoms. The molecule has 2 aromatic rings. The van der Waals surface area contributed by atoms with Crippen LogP contribution in [0.15, 0.2) is 22.7 Å². The first kappa shape index (κ1) is 15.0. The van der Waals surface area contributed by atoms with Crippen LogP contribution in [-0.4, -0.2) is 29.8 Å². The quantitative estimate of drug-likeness (QED) is 0.766. The lowest BCUT2D eigenvalue weighted by Gasteiger charge is -2.00. The predicted octanol–water partition coefficient (Wildman–Crippen LogP) is 2.57. The largest absolute Gasteiger partial charge is 0.375 e. The molecule has 0 unspecified atom stereocenters. The first-order chi connectivity index (χ1) is 10.1. The van der Waals surface area contributed by atoms with E-state index in [2.05, 4.69) is 10.1 Å². The second-order valence-electron chi connectivity index (χ2n) is 4.01. The van der Waals surface area contributed by atoms with Crippen LogP contribution in [0, 0.1) is 17.1 Å². The lowest BCUT2D eigenvalue weighted by atomic mass is 10.1. The van der Waals surface area contributed by atoms with E-state index in [9.17, 15) is 13.2 Å². The van der Waals surface area contributed by atoms with Gasteiger partial charge in [0.2, 0.25) is 0 Å². The molecular formula is C13H10F3N3O2. The van der Waals surface area contributed by atoms with E-state index in [4.69, 9.17) is 14.5 Å². The standard InChI is InChI=1S/C13H10F3N3O2/c14-10-3-1-2-8(9(10)6-17)13-18-12(19-21-13)4-5-20-7-11(15)16/h1-3,11H,4-5,7H2. The van der Waals surface area contributed by atoms with Crippen molar-refractivity contribution < 1.29 is 22.4 Å². The molecule has 1 aromatic heterocycles. The third kappa shape index (κ3) is 3.79. The number of benzene rings is 1. The van der Waals surface area contributed by atoms with E-state index in [1.54, 1.807) is 6.07 Å². The summed E-state index contributed by atoms with van der Waals surface area (Å²) in [6.07, 6.45) is -2.36. The number of ether oxygens (including phenoxy) is 1. The molecule has 0 N–H and O–H groups in total. The second kappa shape index (κ2) is 6.85. The summed E-state index contributed by atoms with van der Waals surface area (Å²) in [5, 5.41) is 12.6. The molecule has 5 nitrogen and oxygen atoms in total. The molecular weight excluding hydrogens is 287 g/mol. The molecule has 21 heavy (non-hydrogen) atoms. The monoisotopic (exact) mass is 297 g/mol. The minimum atomic E-state index is -2.53. The van der Waals surface area contributed by atoms with Gasteiger partial charge in [0, 0.05) is 6.42 Å². The summed E-state index contributed by atoms with van der Waals surface area (Å²) in [6, 6.07) is 5.77. The number of alkyl halides is 2. The van der Waals surface area contributed by atoms with Crippen LogP contribution >= 0.6 is 0 Å².